The molecule has 2 aromatic rings. The molecule has 0 radical (unpaired) electrons. The van der Waals surface area contributed by atoms with E-state index in [1.807, 2.05) is 30.3 Å². The van der Waals surface area contributed by atoms with Crippen molar-refractivity contribution < 1.29 is 19.1 Å². The number of carbonyl (C=O) groups is 3. The van der Waals surface area contributed by atoms with Gasteiger partial charge in [-0.15, -0.1) is 0 Å². The van der Waals surface area contributed by atoms with Crippen molar-refractivity contribution in [2.24, 2.45) is 5.73 Å². The van der Waals surface area contributed by atoms with E-state index in [1.165, 1.54) is 6.92 Å². The number of hydrogen-bond donors (Lipinski definition) is 2. The molecule has 0 spiro atoms. The monoisotopic (exact) mass is 300 g/mol. The Labute approximate surface area is 127 Å². The molecule has 2 aromatic carbocycles. The molecule has 0 saturated heterocycles. The van der Waals surface area contributed by atoms with Crippen molar-refractivity contribution in [3.63, 3.8) is 0 Å². The first-order valence-corrected chi connectivity index (χ1v) is 6.73. The lowest BCUT2D eigenvalue weighted by Crippen LogP contribution is -2.36. The predicted octanol–water partition coefficient (Wildman–Crippen LogP) is 0.987. The van der Waals surface area contributed by atoms with Gasteiger partial charge in [-0.2, -0.15) is 0 Å². The van der Waals surface area contributed by atoms with E-state index < -0.39 is 23.9 Å². The third-order valence-electron chi connectivity index (χ3n) is 3.11. The van der Waals surface area contributed by atoms with Gasteiger partial charge in [-0.1, -0.05) is 30.3 Å². The maximum Gasteiger partial charge on any atom is 0.326 e. The number of benzene rings is 2. The number of nitrogens with two attached hydrogens (primary N) is 1. The molecule has 114 valence electrons. The summed E-state index contributed by atoms with van der Waals surface area (Å²) in [6, 6.07) is 12.9. The van der Waals surface area contributed by atoms with Gasteiger partial charge in [0.05, 0.1) is 0 Å². The Kier molecular flexibility index (Phi) is 4.73. The first kappa shape index (κ1) is 15.5. The summed E-state index contributed by atoms with van der Waals surface area (Å²) in [7, 11) is 0. The van der Waals surface area contributed by atoms with E-state index in [4.69, 9.17) is 10.5 Å². The number of amides is 2. The molecular formula is C16H16N2O4. The lowest BCUT2D eigenvalue weighted by molar-refractivity contribution is -0.152. The summed E-state index contributed by atoms with van der Waals surface area (Å²) in [5.41, 5.74) is 5.42. The van der Waals surface area contributed by atoms with Crippen molar-refractivity contribution in [3.8, 4) is 0 Å². The van der Waals surface area contributed by atoms with Crippen molar-refractivity contribution in [2.45, 2.75) is 13.0 Å². The van der Waals surface area contributed by atoms with E-state index in [1.54, 1.807) is 12.1 Å². The summed E-state index contributed by atoms with van der Waals surface area (Å²) in [5, 5.41) is 4.39. The predicted molar refractivity (Wildman–Crippen MR) is 81.0 cm³/mol. The van der Waals surface area contributed by atoms with Gasteiger partial charge in [0.2, 0.25) is 0 Å². The number of fused-ring (bicyclic) bond motifs is 1. The lowest BCUT2D eigenvalue weighted by atomic mass is 10.1. The van der Waals surface area contributed by atoms with Gasteiger partial charge in [0.25, 0.3) is 11.8 Å². The maximum absolute atomic E-state index is 12.0. The van der Waals surface area contributed by atoms with Crippen molar-refractivity contribution in [1.29, 1.82) is 0 Å². The Bertz CT molecular complexity index is 727. The first-order chi connectivity index (χ1) is 10.5. The van der Waals surface area contributed by atoms with E-state index in [0.717, 1.165) is 10.8 Å². The molecule has 22 heavy (non-hydrogen) atoms. The Balaban J connectivity index is 1.96. The zero-order valence-corrected chi connectivity index (χ0v) is 12.0. The Hall–Kier alpha value is -2.89. The maximum atomic E-state index is 12.0. The second kappa shape index (κ2) is 6.71. The molecule has 0 aliphatic heterocycles. The van der Waals surface area contributed by atoms with Gasteiger partial charge in [-0.25, -0.2) is 0 Å². The molecular weight excluding hydrogens is 284 g/mol. The second-order valence-electron chi connectivity index (χ2n) is 4.78. The Morgan fingerprint density at radius 2 is 1.82 bits per heavy atom. The van der Waals surface area contributed by atoms with E-state index in [0.29, 0.717) is 5.56 Å². The van der Waals surface area contributed by atoms with Gasteiger partial charge in [0, 0.05) is 5.56 Å². The van der Waals surface area contributed by atoms with Crippen LogP contribution in [0.4, 0.5) is 0 Å². The molecule has 0 saturated carbocycles. The van der Waals surface area contributed by atoms with E-state index in [-0.39, 0.29) is 6.54 Å². The van der Waals surface area contributed by atoms with Crippen LogP contribution in [0.1, 0.15) is 17.3 Å². The Morgan fingerprint density at radius 3 is 2.50 bits per heavy atom. The Morgan fingerprint density at radius 1 is 1.14 bits per heavy atom. The highest BCUT2D eigenvalue weighted by Crippen LogP contribution is 2.15. The number of rotatable bonds is 5. The van der Waals surface area contributed by atoms with Crippen LogP contribution in [-0.2, 0) is 14.3 Å². The average Bonchev–Trinajstić information content (AvgIpc) is 2.52. The van der Waals surface area contributed by atoms with Gasteiger partial charge in [-0.05, 0) is 29.8 Å². The van der Waals surface area contributed by atoms with E-state index in [9.17, 15) is 14.4 Å². The lowest BCUT2D eigenvalue weighted by Gasteiger charge is -2.10. The van der Waals surface area contributed by atoms with Gasteiger partial charge >= 0.3 is 5.97 Å². The minimum absolute atomic E-state index is 0.330. The summed E-state index contributed by atoms with van der Waals surface area (Å²) >= 11 is 0. The van der Waals surface area contributed by atoms with Crippen LogP contribution >= 0.6 is 0 Å². The van der Waals surface area contributed by atoms with Crippen LogP contribution in [0, 0.1) is 0 Å². The van der Waals surface area contributed by atoms with Gasteiger partial charge in [-0.3, -0.25) is 14.4 Å². The molecule has 2 rings (SSSR count). The topological polar surface area (TPSA) is 98.5 Å². The zero-order chi connectivity index (χ0) is 16.1. The summed E-state index contributed by atoms with van der Waals surface area (Å²) in [4.78, 5) is 34.2. The fourth-order valence-corrected chi connectivity index (χ4v) is 1.88. The summed E-state index contributed by atoms with van der Waals surface area (Å²) < 4.78 is 4.74. The molecule has 0 fully saturated rings. The zero-order valence-electron chi connectivity index (χ0n) is 12.0. The number of carbonyl (C=O) groups excluding carboxylic acids is 3. The summed E-state index contributed by atoms with van der Waals surface area (Å²) in [6.45, 7) is 1.04. The van der Waals surface area contributed by atoms with E-state index in [2.05, 4.69) is 5.32 Å². The fourth-order valence-electron chi connectivity index (χ4n) is 1.88. The van der Waals surface area contributed by atoms with Gasteiger partial charge in [0.1, 0.15) is 6.54 Å². The van der Waals surface area contributed by atoms with Crippen LogP contribution < -0.4 is 11.1 Å². The third kappa shape index (κ3) is 3.82. The van der Waals surface area contributed by atoms with Crippen LogP contribution in [0.2, 0.25) is 0 Å². The third-order valence-corrected chi connectivity index (χ3v) is 3.11. The number of hydrogen-bond acceptors (Lipinski definition) is 4. The van der Waals surface area contributed by atoms with Gasteiger partial charge < -0.3 is 15.8 Å². The van der Waals surface area contributed by atoms with Crippen LogP contribution in [0.3, 0.4) is 0 Å². The molecule has 0 heterocycles. The normalized spacial score (nSPS) is 11.7. The molecule has 6 heteroatoms. The number of esters is 1. The highest BCUT2D eigenvalue weighted by molar-refractivity contribution is 5.99. The van der Waals surface area contributed by atoms with Crippen LogP contribution in [0.15, 0.2) is 42.5 Å². The smallest absolute Gasteiger partial charge is 0.326 e. The highest BCUT2D eigenvalue weighted by atomic mass is 16.5. The second-order valence-corrected chi connectivity index (χ2v) is 4.78. The quantitative estimate of drug-likeness (QED) is 0.804. The highest BCUT2D eigenvalue weighted by Gasteiger charge is 2.15. The van der Waals surface area contributed by atoms with E-state index >= 15 is 0 Å². The van der Waals surface area contributed by atoms with Crippen LogP contribution in [-0.4, -0.2) is 30.4 Å². The van der Waals surface area contributed by atoms with Crippen LogP contribution in [0.5, 0.6) is 0 Å². The molecule has 0 aliphatic carbocycles. The van der Waals surface area contributed by atoms with Gasteiger partial charge in [0.15, 0.2) is 6.10 Å². The molecule has 0 unspecified atom stereocenters. The standard InChI is InChI=1S/C16H16N2O4/c1-10(15(17)20)22-14(19)9-18-16(21)13-7-6-11-4-2-3-5-12(11)8-13/h2-8,10H,9H2,1H3,(H2,17,20)(H,18,21)/t10-/m1/s1. The number of ether oxygens (including phenoxy) is 1. The SMILES string of the molecule is C[C@@H](OC(=O)CNC(=O)c1ccc2ccccc2c1)C(N)=O. The molecule has 2 amide bonds. The summed E-state index contributed by atoms with van der Waals surface area (Å²) in [5.74, 6) is -1.86. The van der Waals surface area contributed by atoms with Crippen molar-refractivity contribution >= 4 is 28.6 Å². The molecule has 1 atom stereocenters. The number of primary amides is 1. The summed E-state index contributed by atoms with van der Waals surface area (Å²) in [6.07, 6.45) is -1.02. The number of nitrogens with one attached hydrogen (secondary N) is 1. The van der Waals surface area contributed by atoms with Crippen molar-refractivity contribution in [1.82, 2.24) is 5.32 Å². The molecule has 0 aromatic heterocycles. The molecule has 0 aliphatic rings. The fraction of sp³-hybridized carbons (Fsp3) is 0.188. The minimum atomic E-state index is -1.02. The van der Waals surface area contributed by atoms with Crippen molar-refractivity contribution in [2.75, 3.05) is 6.54 Å². The minimum Gasteiger partial charge on any atom is -0.451 e. The molecule has 3 N–H and O–H groups in total. The van der Waals surface area contributed by atoms with Crippen LogP contribution in [0.25, 0.3) is 10.8 Å². The molecule has 0 bridgehead atoms. The first-order valence-electron chi connectivity index (χ1n) is 6.73. The largest absolute Gasteiger partial charge is 0.451 e. The molecule has 6 nitrogen and oxygen atoms in total. The van der Waals surface area contributed by atoms with Crippen molar-refractivity contribution in [3.05, 3.63) is 48.0 Å². The average molecular weight is 300 g/mol.